The number of aliphatic hydroxyl groups excluding tert-OH is 1. The van der Waals surface area contributed by atoms with E-state index in [-0.39, 0.29) is 5.82 Å². The molecule has 1 rings (SSSR count). The lowest BCUT2D eigenvalue weighted by atomic mass is 9.98. The molecule has 3 N–H and O–H groups in total. The van der Waals surface area contributed by atoms with E-state index in [0.717, 1.165) is 12.0 Å². The van der Waals surface area contributed by atoms with E-state index in [2.05, 4.69) is 0 Å². The van der Waals surface area contributed by atoms with Crippen molar-refractivity contribution in [2.75, 3.05) is 0 Å². The van der Waals surface area contributed by atoms with E-state index in [1.54, 1.807) is 19.1 Å². The highest BCUT2D eigenvalue weighted by atomic mass is 19.1. The number of aliphatic hydroxyl groups is 1. The zero-order valence-corrected chi connectivity index (χ0v) is 9.20. The number of benzene rings is 1. The van der Waals surface area contributed by atoms with Gasteiger partial charge in [-0.2, -0.15) is 0 Å². The molecule has 0 bridgehead atoms. The molecule has 2 atom stereocenters. The van der Waals surface area contributed by atoms with Crippen LogP contribution in [-0.4, -0.2) is 11.2 Å². The first kappa shape index (κ1) is 12.1. The normalized spacial score (nSPS) is 15.0. The monoisotopic (exact) mass is 211 g/mol. The predicted octanol–water partition coefficient (Wildman–Crippen LogP) is 2.29. The average molecular weight is 211 g/mol. The predicted molar refractivity (Wildman–Crippen MR) is 59.0 cm³/mol. The van der Waals surface area contributed by atoms with Crippen LogP contribution >= 0.6 is 0 Å². The van der Waals surface area contributed by atoms with Gasteiger partial charge in [0.05, 0.1) is 12.1 Å². The zero-order valence-electron chi connectivity index (χ0n) is 9.20. The molecule has 0 saturated heterocycles. The SMILES string of the molecule is CCC[C@H](O)[C@H](N)c1ccc(F)c(C)c1. The summed E-state index contributed by atoms with van der Waals surface area (Å²) in [6, 6.07) is 4.29. The van der Waals surface area contributed by atoms with Crippen LogP contribution in [0.1, 0.15) is 36.9 Å². The molecule has 3 heteroatoms. The highest BCUT2D eigenvalue weighted by Gasteiger charge is 2.16. The highest BCUT2D eigenvalue weighted by Crippen LogP contribution is 2.19. The lowest BCUT2D eigenvalue weighted by Crippen LogP contribution is -2.26. The molecular formula is C12H18FNO. The first-order chi connectivity index (χ1) is 7.06. The van der Waals surface area contributed by atoms with Crippen molar-refractivity contribution in [3.8, 4) is 0 Å². The van der Waals surface area contributed by atoms with Crippen molar-refractivity contribution in [3.05, 3.63) is 35.1 Å². The standard InChI is InChI=1S/C12H18FNO/c1-3-4-11(15)12(14)9-5-6-10(13)8(2)7-9/h5-7,11-12,15H,3-4,14H2,1-2H3/t11-,12+/m0/s1. The minimum absolute atomic E-state index is 0.240. The van der Waals surface area contributed by atoms with Crippen LogP contribution < -0.4 is 5.73 Å². The molecule has 0 aromatic heterocycles. The summed E-state index contributed by atoms with van der Waals surface area (Å²) >= 11 is 0. The van der Waals surface area contributed by atoms with E-state index < -0.39 is 12.1 Å². The molecular weight excluding hydrogens is 193 g/mol. The Kier molecular flexibility index (Phi) is 4.24. The van der Waals surface area contributed by atoms with Crippen molar-refractivity contribution < 1.29 is 9.50 Å². The van der Waals surface area contributed by atoms with Gasteiger partial charge in [-0.15, -0.1) is 0 Å². The van der Waals surface area contributed by atoms with E-state index in [1.165, 1.54) is 6.07 Å². The van der Waals surface area contributed by atoms with Crippen LogP contribution in [0.4, 0.5) is 4.39 Å². The number of halogens is 1. The molecule has 0 aliphatic carbocycles. The van der Waals surface area contributed by atoms with Gasteiger partial charge in [0.25, 0.3) is 0 Å². The minimum atomic E-state index is -0.556. The lowest BCUT2D eigenvalue weighted by molar-refractivity contribution is 0.134. The average Bonchev–Trinajstić information content (AvgIpc) is 2.21. The summed E-state index contributed by atoms with van der Waals surface area (Å²) in [5.74, 6) is -0.240. The second kappa shape index (κ2) is 5.24. The largest absolute Gasteiger partial charge is 0.391 e. The van der Waals surface area contributed by atoms with Gasteiger partial charge in [-0.1, -0.05) is 25.5 Å². The quantitative estimate of drug-likeness (QED) is 0.802. The number of hydrogen-bond acceptors (Lipinski definition) is 2. The maximum absolute atomic E-state index is 13.0. The van der Waals surface area contributed by atoms with Crippen molar-refractivity contribution in [2.45, 2.75) is 38.8 Å². The fraction of sp³-hybridized carbons (Fsp3) is 0.500. The third-order valence-electron chi connectivity index (χ3n) is 2.57. The second-order valence-electron chi connectivity index (χ2n) is 3.89. The molecule has 84 valence electrons. The van der Waals surface area contributed by atoms with Crippen LogP contribution in [0.25, 0.3) is 0 Å². The van der Waals surface area contributed by atoms with Gasteiger partial charge in [0.2, 0.25) is 0 Å². The molecule has 0 aliphatic rings. The van der Waals surface area contributed by atoms with Crippen molar-refractivity contribution in [1.29, 1.82) is 0 Å². The summed E-state index contributed by atoms with van der Waals surface area (Å²) in [6.45, 7) is 3.68. The number of hydrogen-bond donors (Lipinski definition) is 2. The maximum Gasteiger partial charge on any atom is 0.126 e. The van der Waals surface area contributed by atoms with Crippen molar-refractivity contribution in [3.63, 3.8) is 0 Å². The van der Waals surface area contributed by atoms with E-state index in [4.69, 9.17) is 5.73 Å². The molecule has 0 heterocycles. The third-order valence-corrected chi connectivity index (χ3v) is 2.57. The Labute approximate surface area is 89.9 Å². The molecule has 0 fully saturated rings. The Morgan fingerprint density at radius 3 is 2.67 bits per heavy atom. The van der Waals surface area contributed by atoms with Gasteiger partial charge in [-0.05, 0) is 30.5 Å². The number of nitrogens with two attached hydrogens (primary N) is 1. The summed E-state index contributed by atoms with van der Waals surface area (Å²) in [7, 11) is 0. The summed E-state index contributed by atoms with van der Waals surface area (Å²) in [6.07, 6.45) is 0.993. The summed E-state index contributed by atoms with van der Waals surface area (Å²) < 4.78 is 13.0. The van der Waals surface area contributed by atoms with Gasteiger partial charge in [0.15, 0.2) is 0 Å². The molecule has 0 radical (unpaired) electrons. The van der Waals surface area contributed by atoms with E-state index in [1.807, 2.05) is 6.92 Å². The Hall–Kier alpha value is -0.930. The van der Waals surface area contributed by atoms with Gasteiger partial charge < -0.3 is 10.8 Å². The Bertz CT molecular complexity index is 327. The van der Waals surface area contributed by atoms with Crippen molar-refractivity contribution in [2.24, 2.45) is 5.73 Å². The maximum atomic E-state index is 13.0. The molecule has 2 nitrogen and oxygen atoms in total. The molecule has 0 saturated carbocycles. The molecule has 15 heavy (non-hydrogen) atoms. The summed E-state index contributed by atoms with van der Waals surface area (Å²) in [5, 5.41) is 9.71. The zero-order chi connectivity index (χ0) is 11.4. The van der Waals surface area contributed by atoms with Crippen molar-refractivity contribution >= 4 is 0 Å². The van der Waals surface area contributed by atoms with Gasteiger partial charge in [-0.25, -0.2) is 4.39 Å². The number of aryl methyl sites for hydroxylation is 1. The van der Waals surface area contributed by atoms with Gasteiger partial charge >= 0.3 is 0 Å². The van der Waals surface area contributed by atoms with Gasteiger partial charge in [0.1, 0.15) is 5.82 Å². The molecule has 0 amide bonds. The van der Waals surface area contributed by atoms with E-state index in [9.17, 15) is 9.50 Å². The van der Waals surface area contributed by atoms with Crippen LogP contribution in [0, 0.1) is 12.7 Å². The second-order valence-corrected chi connectivity index (χ2v) is 3.89. The fourth-order valence-electron chi connectivity index (χ4n) is 1.57. The fourth-order valence-corrected chi connectivity index (χ4v) is 1.57. The van der Waals surface area contributed by atoms with Gasteiger partial charge in [-0.3, -0.25) is 0 Å². The van der Waals surface area contributed by atoms with Gasteiger partial charge in [0, 0.05) is 0 Å². The van der Waals surface area contributed by atoms with Crippen LogP contribution in [0.2, 0.25) is 0 Å². The molecule has 1 aromatic rings. The molecule has 0 unspecified atom stereocenters. The first-order valence-electron chi connectivity index (χ1n) is 5.26. The first-order valence-corrected chi connectivity index (χ1v) is 5.26. The molecule has 0 spiro atoms. The summed E-state index contributed by atoms with van der Waals surface area (Å²) in [4.78, 5) is 0. The summed E-state index contributed by atoms with van der Waals surface area (Å²) in [5.41, 5.74) is 7.22. The highest BCUT2D eigenvalue weighted by molar-refractivity contribution is 5.26. The Morgan fingerprint density at radius 1 is 1.47 bits per heavy atom. The Morgan fingerprint density at radius 2 is 2.13 bits per heavy atom. The Balaban J connectivity index is 2.81. The van der Waals surface area contributed by atoms with Crippen molar-refractivity contribution in [1.82, 2.24) is 0 Å². The van der Waals surface area contributed by atoms with Crippen LogP contribution in [0.3, 0.4) is 0 Å². The van der Waals surface area contributed by atoms with E-state index in [0.29, 0.717) is 12.0 Å². The van der Waals surface area contributed by atoms with Crippen LogP contribution in [0.15, 0.2) is 18.2 Å². The third kappa shape index (κ3) is 3.01. The topological polar surface area (TPSA) is 46.2 Å². The minimum Gasteiger partial charge on any atom is -0.391 e. The smallest absolute Gasteiger partial charge is 0.126 e. The molecule has 1 aromatic carbocycles. The van der Waals surface area contributed by atoms with Crippen LogP contribution in [0.5, 0.6) is 0 Å². The van der Waals surface area contributed by atoms with Crippen LogP contribution in [-0.2, 0) is 0 Å². The van der Waals surface area contributed by atoms with E-state index >= 15 is 0 Å². The lowest BCUT2D eigenvalue weighted by Gasteiger charge is -2.19. The number of rotatable bonds is 4. The molecule has 0 aliphatic heterocycles.